The number of phenols is 1. The Morgan fingerprint density at radius 3 is 2.80 bits per heavy atom. The minimum atomic E-state index is 0.337. The van der Waals surface area contributed by atoms with Crippen molar-refractivity contribution in [2.24, 2.45) is 0 Å². The van der Waals surface area contributed by atoms with E-state index >= 15 is 0 Å². The van der Waals surface area contributed by atoms with E-state index in [9.17, 15) is 5.11 Å². The minimum Gasteiger partial charge on any atom is -0.507 e. The molecule has 0 aliphatic heterocycles. The van der Waals surface area contributed by atoms with Gasteiger partial charge in [-0.2, -0.15) is 0 Å². The van der Waals surface area contributed by atoms with E-state index in [4.69, 9.17) is 4.98 Å². The highest BCUT2D eigenvalue weighted by Crippen LogP contribution is 2.41. The molecule has 0 radical (unpaired) electrons. The summed E-state index contributed by atoms with van der Waals surface area (Å²) < 4.78 is 1.20. The predicted molar refractivity (Wildman–Crippen MR) is 89.0 cm³/mol. The Bertz CT molecular complexity index is 842. The van der Waals surface area contributed by atoms with Crippen LogP contribution in [0.5, 0.6) is 5.75 Å². The van der Waals surface area contributed by atoms with Crippen molar-refractivity contribution in [3.05, 3.63) is 57.2 Å². The molecule has 0 saturated heterocycles. The van der Waals surface area contributed by atoms with Crippen LogP contribution in [0.25, 0.3) is 22.2 Å². The van der Waals surface area contributed by atoms with E-state index in [1.807, 2.05) is 24.3 Å². The number of hydrogen-bond donors (Lipinski definition) is 1. The van der Waals surface area contributed by atoms with Gasteiger partial charge in [0.15, 0.2) is 0 Å². The molecule has 1 N–H and O–H groups in total. The number of halogens is 1. The van der Waals surface area contributed by atoms with Gasteiger partial charge in [-0.25, -0.2) is 4.98 Å². The molecule has 0 atom stereocenters. The quantitative estimate of drug-likeness (QED) is 0.596. The standard InChI is InChI=1S/C17H12INO/c18-13-7-8-15(20)16-12(13)6-5-11-9-10-3-1-2-4-14(10)19-17(11)16/h1-4,7-9,20H,5-6H2. The Morgan fingerprint density at radius 2 is 1.90 bits per heavy atom. The van der Waals surface area contributed by atoms with Gasteiger partial charge in [0.25, 0.3) is 0 Å². The second-order valence-corrected chi connectivity index (χ2v) is 6.27. The zero-order chi connectivity index (χ0) is 13.7. The summed E-state index contributed by atoms with van der Waals surface area (Å²) in [4.78, 5) is 4.80. The van der Waals surface area contributed by atoms with Crippen molar-refractivity contribution in [1.29, 1.82) is 0 Å². The normalized spacial score (nSPS) is 13.1. The molecule has 3 aromatic rings. The Balaban J connectivity index is 2.09. The van der Waals surface area contributed by atoms with Crippen molar-refractivity contribution < 1.29 is 5.11 Å². The molecule has 0 spiro atoms. The van der Waals surface area contributed by atoms with Crippen molar-refractivity contribution in [2.75, 3.05) is 0 Å². The summed E-state index contributed by atoms with van der Waals surface area (Å²) in [7, 11) is 0. The van der Waals surface area contributed by atoms with Gasteiger partial charge in [0.1, 0.15) is 5.75 Å². The number of nitrogens with zero attached hydrogens (tertiary/aromatic N) is 1. The van der Waals surface area contributed by atoms with Crippen LogP contribution in [0.4, 0.5) is 0 Å². The predicted octanol–water partition coefficient (Wildman–Crippen LogP) is 4.31. The van der Waals surface area contributed by atoms with E-state index in [-0.39, 0.29) is 0 Å². The van der Waals surface area contributed by atoms with Crippen LogP contribution in [0.2, 0.25) is 0 Å². The van der Waals surface area contributed by atoms with Crippen LogP contribution < -0.4 is 0 Å². The number of para-hydroxylation sites is 1. The first-order valence-corrected chi connectivity index (χ1v) is 7.71. The maximum Gasteiger partial charge on any atom is 0.125 e. The molecule has 4 rings (SSSR count). The number of pyridine rings is 1. The summed E-state index contributed by atoms with van der Waals surface area (Å²) in [6.07, 6.45) is 1.95. The number of aryl methyl sites for hydroxylation is 1. The van der Waals surface area contributed by atoms with E-state index in [1.165, 1.54) is 20.1 Å². The fourth-order valence-electron chi connectivity index (χ4n) is 2.95. The molecule has 20 heavy (non-hydrogen) atoms. The lowest BCUT2D eigenvalue weighted by molar-refractivity contribution is 0.476. The van der Waals surface area contributed by atoms with E-state index < -0.39 is 0 Å². The zero-order valence-corrected chi connectivity index (χ0v) is 12.9. The molecule has 0 fully saturated rings. The van der Waals surface area contributed by atoms with Crippen molar-refractivity contribution >= 4 is 33.5 Å². The lowest BCUT2D eigenvalue weighted by Crippen LogP contribution is -2.08. The molecule has 0 saturated carbocycles. The highest BCUT2D eigenvalue weighted by molar-refractivity contribution is 14.1. The van der Waals surface area contributed by atoms with Crippen LogP contribution >= 0.6 is 22.6 Å². The summed E-state index contributed by atoms with van der Waals surface area (Å²) in [5.74, 6) is 0.337. The molecular formula is C17H12INO. The van der Waals surface area contributed by atoms with Crippen molar-refractivity contribution in [3.63, 3.8) is 0 Å². The molecule has 0 bridgehead atoms. The number of aromatic hydroxyl groups is 1. The van der Waals surface area contributed by atoms with Crippen LogP contribution in [-0.4, -0.2) is 10.1 Å². The molecule has 1 heterocycles. The molecule has 1 aliphatic carbocycles. The third kappa shape index (κ3) is 1.73. The SMILES string of the molecule is Oc1ccc(I)c2c1-c1nc3ccccc3cc1CC2. The largest absolute Gasteiger partial charge is 0.507 e. The maximum atomic E-state index is 10.3. The number of fused-ring (bicyclic) bond motifs is 4. The topological polar surface area (TPSA) is 33.1 Å². The van der Waals surface area contributed by atoms with Crippen LogP contribution in [-0.2, 0) is 12.8 Å². The van der Waals surface area contributed by atoms with Gasteiger partial charge in [0.05, 0.1) is 11.2 Å². The smallest absolute Gasteiger partial charge is 0.125 e. The first-order chi connectivity index (χ1) is 9.74. The van der Waals surface area contributed by atoms with E-state index in [0.29, 0.717) is 5.75 Å². The van der Waals surface area contributed by atoms with E-state index in [1.54, 1.807) is 6.07 Å². The fraction of sp³-hybridized carbons (Fsp3) is 0.118. The summed E-state index contributed by atoms with van der Waals surface area (Å²) in [6.45, 7) is 0. The van der Waals surface area contributed by atoms with Crippen LogP contribution in [0.15, 0.2) is 42.5 Å². The third-order valence-corrected chi connectivity index (χ3v) is 4.93. The van der Waals surface area contributed by atoms with Gasteiger partial charge in [-0.1, -0.05) is 18.2 Å². The lowest BCUT2D eigenvalue weighted by atomic mass is 9.88. The fourth-order valence-corrected chi connectivity index (χ4v) is 3.66. The molecule has 3 heteroatoms. The minimum absolute atomic E-state index is 0.337. The molecule has 2 nitrogen and oxygen atoms in total. The summed E-state index contributed by atoms with van der Waals surface area (Å²) in [6, 6.07) is 14.1. The lowest BCUT2D eigenvalue weighted by Gasteiger charge is -2.21. The Kier molecular flexibility index (Phi) is 2.70. The van der Waals surface area contributed by atoms with Gasteiger partial charge in [0, 0.05) is 14.5 Å². The second-order valence-electron chi connectivity index (χ2n) is 5.11. The maximum absolute atomic E-state index is 10.3. The Labute approximate surface area is 130 Å². The Hall–Kier alpha value is -1.62. The monoisotopic (exact) mass is 373 g/mol. The first-order valence-electron chi connectivity index (χ1n) is 6.63. The number of benzene rings is 2. The molecule has 0 unspecified atom stereocenters. The van der Waals surface area contributed by atoms with Crippen molar-refractivity contribution in [1.82, 2.24) is 4.98 Å². The molecular weight excluding hydrogens is 361 g/mol. The van der Waals surface area contributed by atoms with Gasteiger partial charge in [-0.3, -0.25) is 0 Å². The van der Waals surface area contributed by atoms with Gasteiger partial charge >= 0.3 is 0 Å². The molecule has 2 aromatic carbocycles. The van der Waals surface area contributed by atoms with E-state index in [2.05, 4.69) is 34.7 Å². The van der Waals surface area contributed by atoms with Gasteiger partial charge in [0.2, 0.25) is 0 Å². The highest BCUT2D eigenvalue weighted by atomic mass is 127. The average molecular weight is 373 g/mol. The van der Waals surface area contributed by atoms with Crippen LogP contribution in [0.3, 0.4) is 0 Å². The number of hydrogen-bond acceptors (Lipinski definition) is 2. The Morgan fingerprint density at radius 1 is 1.05 bits per heavy atom. The molecule has 0 amide bonds. The van der Waals surface area contributed by atoms with Crippen LogP contribution in [0, 0.1) is 3.57 Å². The molecule has 1 aromatic heterocycles. The van der Waals surface area contributed by atoms with Crippen molar-refractivity contribution in [3.8, 4) is 17.0 Å². The number of phenolic OH excluding ortho intramolecular Hbond substituents is 1. The summed E-state index contributed by atoms with van der Waals surface area (Å²) in [5, 5.41) is 11.4. The third-order valence-electron chi connectivity index (χ3n) is 3.92. The molecule has 98 valence electrons. The van der Waals surface area contributed by atoms with Gasteiger partial charge < -0.3 is 5.11 Å². The number of aromatic nitrogens is 1. The second kappa shape index (κ2) is 4.45. The van der Waals surface area contributed by atoms with E-state index in [0.717, 1.165) is 29.6 Å². The van der Waals surface area contributed by atoms with Crippen molar-refractivity contribution in [2.45, 2.75) is 12.8 Å². The van der Waals surface area contributed by atoms with Gasteiger partial charge in [-0.05, 0) is 70.8 Å². The first kappa shape index (κ1) is 12.1. The van der Waals surface area contributed by atoms with Crippen LogP contribution in [0.1, 0.15) is 11.1 Å². The summed E-state index contributed by atoms with van der Waals surface area (Å²) in [5.41, 5.74) is 5.30. The number of rotatable bonds is 0. The summed E-state index contributed by atoms with van der Waals surface area (Å²) >= 11 is 2.34. The highest BCUT2D eigenvalue weighted by Gasteiger charge is 2.23. The van der Waals surface area contributed by atoms with Gasteiger partial charge in [-0.15, -0.1) is 0 Å². The molecule has 1 aliphatic rings. The zero-order valence-electron chi connectivity index (χ0n) is 10.7. The average Bonchev–Trinajstić information content (AvgIpc) is 2.48.